The lowest BCUT2D eigenvalue weighted by atomic mass is 10.0. The maximum atomic E-state index is 5.77. The summed E-state index contributed by atoms with van der Waals surface area (Å²) in [5.41, 5.74) is 8.21. The van der Waals surface area contributed by atoms with Crippen LogP contribution in [0.15, 0.2) is 23.3 Å². The van der Waals surface area contributed by atoms with Crippen LogP contribution in [0.2, 0.25) is 0 Å². The molecule has 0 aromatic carbocycles. The van der Waals surface area contributed by atoms with Gasteiger partial charge in [0, 0.05) is 5.54 Å². The van der Waals surface area contributed by atoms with E-state index in [1.54, 1.807) is 0 Å². The highest BCUT2D eigenvalue weighted by atomic mass is 14.7. The number of allylic oxidation sites excluding steroid dienone is 3. The SMILES string of the molecule is CC(C)=C(C)/C=C\C(C)(C)N. The van der Waals surface area contributed by atoms with Crippen LogP contribution in [0, 0.1) is 0 Å². The molecule has 0 saturated carbocycles. The van der Waals surface area contributed by atoms with Crippen LogP contribution in [0.25, 0.3) is 0 Å². The Hall–Kier alpha value is -0.560. The third-order valence-electron chi connectivity index (χ3n) is 1.55. The molecule has 0 rings (SSSR count). The first-order valence-electron chi connectivity index (χ1n) is 3.95. The third-order valence-corrected chi connectivity index (χ3v) is 1.55. The summed E-state index contributed by atoms with van der Waals surface area (Å²) in [5.74, 6) is 0. The van der Waals surface area contributed by atoms with E-state index in [0.717, 1.165) is 0 Å². The Morgan fingerprint density at radius 2 is 1.64 bits per heavy atom. The van der Waals surface area contributed by atoms with Crippen LogP contribution in [-0.4, -0.2) is 5.54 Å². The fourth-order valence-corrected chi connectivity index (χ4v) is 0.506. The first-order valence-corrected chi connectivity index (χ1v) is 3.95. The average Bonchev–Trinajstić information content (AvgIpc) is 1.80. The zero-order valence-electron chi connectivity index (χ0n) is 8.23. The number of hydrogen-bond acceptors (Lipinski definition) is 1. The van der Waals surface area contributed by atoms with Crippen molar-refractivity contribution in [2.75, 3.05) is 0 Å². The number of nitrogens with two attached hydrogens (primary N) is 1. The van der Waals surface area contributed by atoms with Crippen molar-refractivity contribution < 1.29 is 0 Å². The molecule has 0 saturated heterocycles. The van der Waals surface area contributed by atoms with E-state index in [-0.39, 0.29) is 5.54 Å². The second-order valence-corrected chi connectivity index (χ2v) is 3.84. The molecule has 0 bridgehead atoms. The zero-order valence-corrected chi connectivity index (χ0v) is 8.23. The van der Waals surface area contributed by atoms with Crippen molar-refractivity contribution in [2.45, 2.75) is 40.2 Å². The predicted octanol–water partition coefficient (Wildman–Crippen LogP) is 2.64. The van der Waals surface area contributed by atoms with Gasteiger partial charge < -0.3 is 5.73 Å². The molecule has 0 atom stereocenters. The minimum absolute atomic E-state index is 0.198. The summed E-state index contributed by atoms with van der Waals surface area (Å²) >= 11 is 0. The lowest BCUT2D eigenvalue weighted by Gasteiger charge is -2.11. The van der Waals surface area contributed by atoms with Gasteiger partial charge in [-0.05, 0) is 34.6 Å². The summed E-state index contributed by atoms with van der Waals surface area (Å²) in [6, 6.07) is 0. The van der Waals surface area contributed by atoms with E-state index in [4.69, 9.17) is 5.73 Å². The largest absolute Gasteiger partial charge is 0.322 e. The van der Waals surface area contributed by atoms with Crippen molar-refractivity contribution in [1.82, 2.24) is 0 Å². The van der Waals surface area contributed by atoms with Crippen molar-refractivity contribution >= 4 is 0 Å². The summed E-state index contributed by atoms with van der Waals surface area (Å²) in [6.07, 6.45) is 4.10. The second kappa shape index (κ2) is 3.72. The molecule has 0 amide bonds. The molecule has 0 radical (unpaired) electrons. The van der Waals surface area contributed by atoms with Gasteiger partial charge in [0.2, 0.25) is 0 Å². The van der Waals surface area contributed by atoms with E-state index in [0.29, 0.717) is 0 Å². The molecule has 11 heavy (non-hydrogen) atoms. The van der Waals surface area contributed by atoms with Gasteiger partial charge in [-0.25, -0.2) is 0 Å². The van der Waals surface area contributed by atoms with Crippen LogP contribution in [0.3, 0.4) is 0 Å². The smallest absolute Gasteiger partial charge is 0.0284 e. The first-order chi connectivity index (χ1) is 4.83. The Morgan fingerprint density at radius 1 is 1.18 bits per heavy atom. The van der Waals surface area contributed by atoms with Crippen molar-refractivity contribution in [1.29, 1.82) is 0 Å². The van der Waals surface area contributed by atoms with Gasteiger partial charge in [0.15, 0.2) is 0 Å². The zero-order chi connectivity index (χ0) is 9.07. The van der Waals surface area contributed by atoms with Gasteiger partial charge >= 0.3 is 0 Å². The van der Waals surface area contributed by atoms with Gasteiger partial charge in [-0.1, -0.05) is 23.3 Å². The third kappa shape index (κ3) is 5.86. The Labute approximate surface area is 70.0 Å². The molecular formula is C10H19N. The van der Waals surface area contributed by atoms with Gasteiger partial charge in [0.25, 0.3) is 0 Å². The standard InChI is InChI=1S/C10H19N/c1-8(2)9(3)6-7-10(4,5)11/h6-7H,11H2,1-5H3/b7-6-. The molecule has 1 nitrogen and oxygen atoms in total. The maximum absolute atomic E-state index is 5.77. The van der Waals surface area contributed by atoms with Crippen molar-refractivity contribution in [2.24, 2.45) is 5.73 Å². The van der Waals surface area contributed by atoms with Crippen molar-refractivity contribution in [3.05, 3.63) is 23.3 Å². The summed E-state index contributed by atoms with van der Waals surface area (Å²) in [7, 11) is 0. The highest BCUT2D eigenvalue weighted by Crippen LogP contribution is 2.06. The lowest BCUT2D eigenvalue weighted by molar-refractivity contribution is 0.653. The van der Waals surface area contributed by atoms with Crippen molar-refractivity contribution in [3.63, 3.8) is 0 Å². The van der Waals surface area contributed by atoms with E-state index in [9.17, 15) is 0 Å². The number of hydrogen-bond donors (Lipinski definition) is 1. The van der Waals surface area contributed by atoms with E-state index >= 15 is 0 Å². The molecule has 2 N–H and O–H groups in total. The van der Waals surface area contributed by atoms with Gasteiger partial charge in [-0.2, -0.15) is 0 Å². The average molecular weight is 153 g/mol. The molecule has 1 heteroatoms. The van der Waals surface area contributed by atoms with E-state index in [1.807, 2.05) is 19.9 Å². The molecule has 0 aromatic heterocycles. The van der Waals surface area contributed by atoms with Crippen LogP contribution >= 0.6 is 0 Å². The predicted molar refractivity (Wildman–Crippen MR) is 51.5 cm³/mol. The van der Waals surface area contributed by atoms with Crippen molar-refractivity contribution in [3.8, 4) is 0 Å². The quantitative estimate of drug-likeness (QED) is 0.606. The summed E-state index contributed by atoms with van der Waals surface area (Å²) in [6.45, 7) is 10.3. The molecule has 0 unspecified atom stereocenters. The second-order valence-electron chi connectivity index (χ2n) is 3.84. The molecule has 0 aliphatic heterocycles. The highest BCUT2D eigenvalue weighted by Gasteiger charge is 2.03. The van der Waals surface area contributed by atoms with Crippen LogP contribution in [-0.2, 0) is 0 Å². The fraction of sp³-hybridized carbons (Fsp3) is 0.600. The Balaban J connectivity index is 4.27. The van der Waals surface area contributed by atoms with Crippen LogP contribution in [0.1, 0.15) is 34.6 Å². The topological polar surface area (TPSA) is 26.0 Å². The molecular weight excluding hydrogens is 134 g/mol. The van der Waals surface area contributed by atoms with E-state index in [1.165, 1.54) is 11.1 Å². The normalized spacial score (nSPS) is 12.2. The molecule has 0 aromatic rings. The fourth-order valence-electron chi connectivity index (χ4n) is 0.506. The maximum Gasteiger partial charge on any atom is 0.0284 e. The van der Waals surface area contributed by atoms with Gasteiger partial charge in [0.05, 0.1) is 0 Å². The summed E-state index contributed by atoms with van der Waals surface area (Å²) < 4.78 is 0. The molecule has 0 fully saturated rings. The minimum atomic E-state index is -0.198. The minimum Gasteiger partial charge on any atom is -0.322 e. The molecule has 0 aliphatic carbocycles. The van der Waals surface area contributed by atoms with Gasteiger partial charge in [-0.15, -0.1) is 0 Å². The Kier molecular flexibility index (Phi) is 3.53. The van der Waals surface area contributed by atoms with E-state index < -0.39 is 0 Å². The summed E-state index contributed by atoms with van der Waals surface area (Å²) in [5, 5.41) is 0. The monoisotopic (exact) mass is 153 g/mol. The van der Waals surface area contributed by atoms with Gasteiger partial charge in [-0.3, -0.25) is 0 Å². The summed E-state index contributed by atoms with van der Waals surface area (Å²) in [4.78, 5) is 0. The first kappa shape index (κ1) is 10.4. The number of rotatable bonds is 2. The van der Waals surface area contributed by atoms with Crippen LogP contribution in [0.5, 0.6) is 0 Å². The Morgan fingerprint density at radius 3 is 1.91 bits per heavy atom. The lowest BCUT2D eigenvalue weighted by Crippen LogP contribution is -2.28. The van der Waals surface area contributed by atoms with E-state index in [2.05, 4.69) is 26.8 Å². The molecule has 0 heterocycles. The highest BCUT2D eigenvalue weighted by molar-refractivity contribution is 5.23. The Bertz CT molecular complexity index is 176. The molecule has 0 spiro atoms. The van der Waals surface area contributed by atoms with Gasteiger partial charge in [0.1, 0.15) is 0 Å². The van der Waals surface area contributed by atoms with Crippen LogP contribution < -0.4 is 5.73 Å². The molecule has 0 aliphatic rings. The van der Waals surface area contributed by atoms with Crippen LogP contribution in [0.4, 0.5) is 0 Å². The molecule has 64 valence electrons.